The fraction of sp³-hybridized carbons (Fsp3) is 0.647. The zero-order valence-corrected chi connectivity index (χ0v) is 14.3. The van der Waals surface area contributed by atoms with Gasteiger partial charge in [0.15, 0.2) is 0 Å². The van der Waals surface area contributed by atoms with Crippen LogP contribution in [0.3, 0.4) is 0 Å². The van der Waals surface area contributed by atoms with E-state index in [0.29, 0.717) is 12.6 Å². The molecule has 4 nitrogen and oxygen atoms in total. The molecule has 0 heterocycles. The quantitative estimate of drug-likeness (QED) is 0.755. The molecule has 0 radical (unpaired) electrons. The zero-order chi connectivity index (χ0) is 15.8. The average molecular weight is 292 g/mol. The summed E-state index contributed by atoms with van der Waals surface area (Å²) in [6, 6.07) is 9.08. The summed E-state index contributed by atoms with van der Waals surface area (Å²) >= 11 is 0. The van der Waals surface area contributed by atoms with Crippen molar-refractivity contribution in [2.24, 2.45) is 5.73 Å². The summed E-state index contributed by atoms with van der Waals surface area (Å²) in [6.07, 6.45) is 1.15. The lowest BCUT2D eigenvalue weighted by atomic mass is 10.0. The molecular formula is C17H32N4. The van der Waals surface area contributed by atoms with E-state index in [1.165, 1.54) is 11.3 Å². The first-order chi connectivity index (χ1) is 9.99. The Kier molecular flexibility index (Phi) is 7.72. The fourth-order valence-electron chi connectivity index (χ4n) is 2.53. The van der Waals surface area contributed by atoms with Crippen LogP contribution in [0, 0.1) is 0 Å². The lowest BCUT2D eigenvalue weighted by Crippen LogP contribution is -2.38. The molecule has 0 saturated heterocycles. The first-order valence-corrected chi connectivity index (χ1v) is 7.85. The van der Waals surface area contributed by atoms with Gasteiger partial charge in [-0.3, -0.25) is 4.90 Å². The molecule has 1 aromatic rings. The predicted molar refractivity (Wildman–Crippen MR) is 93.0 cm³/mol. The molecular weight excluding hydrogens is 260 g/mol. The SMILES string of the molecule is CCCN(CCN(C)C)C(CN)c1ccc(N(C)C)cc1. The number of likely N-dealkylation sites (N-methyl/N-ethyl adjacent to an activating group) is 1. The summed E-state index contributed by atoms with van der Waals surface area (Å²) in [4.78, 5) is 6.85. The van der Waals surface area contributed by atoms with Gasteiger partial charge < -0.3 is 15.5 Å². The maximum atomic E-state index is 6.07. The summed E-state index contributed by atoms with van der Waals surface area (Å²) in [7, 11) is 8.37. The molecule has 1 atom stereocenters. The van der Waals surface area contributed by atoms with E-state index in [4.69, 9.17) is 5.73 Å². The van der Waals surface area contributed by atoms with E-state index in [0.717, 1.165) is 26.1 Å². The van der Waals surface area contributed by atoms with Gasteiger partial charge in [-0.05, 0) is 44.8 Å². The van der Waals surface area contributed by atoms with Crippen molar-refractivity contribution in [1.29, 1.82) is 0 Å². The molecule has 1 aromatic carbocycles. The average Bonchev–Trinajstić information content (AvgIpc) is 2.46. The topological polar surface area (TPSA) is 35.7 Å². The highest BCUT2D eigenvalue weighted by Gasteiger charge is 2.18. The Morgan fingerprint density at radius 2 is 1.57 bits per heavy atom. The van der Waals surface area contributed by atoms with Gasteiger partial charge in [-0.1, -0.05) is 19.1 Å². The van der Waals surface area contributed by atoms with Gasteiger partial charge in [0.2, 0.25) is 0 Å². The fourth-order valence-corrected chi connectivity index (χ4v) is 2.53. The minimum Gasteiger partial charge on any atom is -0.378 e. The summed E-state index contributed by atoms with van der Waals surface area (Å²) in [5.41, 5.74) is 8.62. The second-order valence-corrected chi connectivity index (χ2v) is 6.08. The number of hydrogen-bond acceptors (Lipinski definition) is 4. The number of benzene rings is 1. The first kappa shape index (κ1) is 18.0. The van der Waals surface area contributed by atoms with Gasteiger partial charge in [-0.15, -0.1) is 0 Å². The summed E-state index contributed by atoms with van der Waals surface area (Å²) in [5, 5.41) is 0. The van der Waals surface area contributed by atoms with Gasteiger partial charge in [0.1, 0.15) is 0 Å². The molecule has 4 heteroatoms. The van der Waals surface area contributed by atoms with E-state index in [1.54, 1.807) is 0 Å². The molecule has 0 aliphatic rings. The van der Waals surface area contributed by atoms with Crippen molar-refractivity contribution < 1.29 is 0 Å². The first-order valence-electron chi connectivity index (χ1n) is 7.85. The lowest BCUT2D eigenvalue weighted by molar-refractivity contribution is 0.182. The molecule has 2 N–H and O–H groups in total. The molecule has 0 aromatic heterocycles. The van der Waals surface area contributed by atoms with Crippen LogP contribution in [-0.2, 0) is 0 Å². The van der Waals surface area contributed by atoms with Crippen LogP contribution < -0.4 is 10.6 Å². The Labute approximate surface area is 130 Å². The molecule has 0 bridgehead atoms. The van der Waals surface area contributed by atoms with E-state index in [9.17, 15) is 0 Å². The Morgan fingerprint density at radius 3 is 2.00 bits per heavy atom. The van der Waals surface area contributed by atoms with E-state index < -0.39 is 0 Å². The van der Waals surface area contributed by atoms with Crippen molar-refractivity contribution in [2.75, 3.05) is 59.3 Å². The summed E-state index contributed by atoms with van der Waals surface area (Å²) < 4.78 is 0. The maximum absolute atomic E-state index is 6.07. The third-order valence-electron chi connectivity index (χ3n) is 3.80. The van der Waals surface area contributed by atoms with Crippen LogP contribution in [0.5, 0.6) is 0 Å². The van der Waals surface area contributed by atoms with Crippen molar-refractivity contribution in [1.82, 2.24) is 9.80 Å². The van der Waals surface area contributed by atoms with Crippen LogP contribution in [0.2, 0.25) is 0 Å². The highest BCUT2D eigenvalue weighted by atomic mass is 15.2. The second kappa shape index (κ2) is 9.03. The molecule has 0 fully saturated rings. The van der Waals surface area contributed by atoms with Crippen LogP contribution in [0.15, 0.2) is 24.3 Å². The maximum Gasteiger partial charge on any atom is 0.0471 e. The van der Waals surface area contributed by atoms with Crippen LogP contribution >= 0.6 is 0 Å². The Hall–Kier alpha value is -1.10. The van der Waals surface area contributed by atoms with E-state index in [-0.39, 0.29) is 0 Å². The largest absolute Gasteiger partial charge is 0.378 e. The van der Waals surface area contributed by atoms with Gasteiger partial charge >= 0.3 is 0 Å². The van der Waals surface area contributed by atoms with Crippen LogP contribution in [0.4, 0.5) is 5.69 Å². The van der Waals surface area contributed by atoms with E-state index in [2.05, 4.69) is 74.1 Å². The number of anilines is 1. The van der Waals surface area contributed by atoms with Crippen molar-refractivity contribution in [2.45, 2.75) is 19.4 Å². The Bertz CT molecular complexity index is 386. The molecule has 0 saturated carbocycles. The highest BCUT2D eigenvalue weighted by Crippen LogP contribution is 2.22. The minimum absolute atomic E-state index is 0.307. The predicted octanol–water partition coefficient (Wildman–Crippen LogP) is 2.03. The van der Waals surface area contributed by atoms with Gasteiger partial charge in [-0.2, -0.15) is 0 Å². The molecule has 21 heavy (non-hydrogen) atoms. The summed E-state index contributed by atoms with van der Waals surface area (Å²) in [5.74, 6) is 0. The number of hydrogen-bond donors (Lipinski definition) is 1. The molecule has 0 spiro atoms. The Morgan fingerprint density at radius 1 is 0.952 bits per heavy atom. The second-order valence-electron chi connectivity index (χ2n) is 6.08. The van der Waals surface area contributed by atoms with Crippen molar-refractivity contribution in [3.05, 3.63) is 29.8 Å². The zero-order valence-electron chi connectivity index (χ0n) is 14.3. The molecule has 0 aliphatic carbocycles. The molecule has 0 amide bonds. The molecule has 1 unspecified atom stereocenters. The lowest BCUT2D eigenvalue weighted by Gasteiger charge is -2.32. The van der Waals surface area contributed by atoms with Gasteiger partial charge in [0.05, 0.1) is 0 Å². The third-order valence-corrected chi connectivity index (χ3v) is 3.80. The van der Waals surface area contributed by atoms with Crippen molar-refractivity contribution in [3.8, 4) is 0 Å². The normalized spacial score (nSPS) is 13.0. The summed E-state index contributed by atoms with van der Waals surface area (Å²) in [6.45, 7) is 6.09. The monoisotopic (exact) mass is 292 g/mol. The van der Waals surface area contributed by atoms with Crippen LogP contribution in [0.25, 0.3) is 0 Å². The smallest absolute Gasteiger partial charge is 0.0471 e. The minimum atomic E-state index is 0.307. The van der Waals surface area contributed by atoms with E-state index in [1.807, 2.05) is 0 Å². The highest BCUT2D eigenvalue weighted by molar-refractivity contribution is 5.46. The molecule has 1 rings (SSSR count). The van der Waals surface area contributed by atoms with Gasteiger partial charge in [0.25, 0.3) is 0 Å². The Balaban J connectivity index is 2.85. The number of rotatable bonds is 9. The number of nitrogens with zero attached hydrogens (tertiary/aromatic N) is 3. The molecule has 0 aliphatic heterocycles. The van der Waals surface area contributed by atoms with Crippen LogP contribution in [0.1, 0.15) is 24.9 Å². The van der Waals surface area contributed by atoms with Gasteiger partial charge in [0, 0.05) is 45.5 Å². The van der Waals surface area contributed by atoms with Crippen molar-refractivity contribution >= 4 is 5.69 Å². The third kappa shape index (κ3) is 5.65. The van der Waals surface area contributed by atoms with Gasteiger partial charge in [-0.25, -0.2) is 0 Å². The standard InChI is InChI=1S/C17H32N4/c1-6-11-21(13-12-19(2)3)17(14-18)15-7-9-16(10-8-15)20(4)5/h7-10,17H,6,11-14,18H2,1-5H3. The van der Waals surface area contributed by atoms with Crippen molar-refractivity contribution in [3.63, 3.8) is 0 Å². The number of nitrogens with two attached hydrogens (primary N) is 1. The van der Waals surface area contributed by atoms with Crippen LogP contribution in [-0.4, -0.2) is 64.2 Å². The van der Waals surface area contributed by atoms with E-state index >= 15 is 0 Å². The molecule has 120 valence electrons.